The van der Waals surface area contributed by atoms with E-state index in [0.29, 0.717) is 6.04 Å². The molecule has 1 aromatic carbocycles. The summed E-state index contributed by atoms with van der Waals surface area (Å²) >= 11 is 1.83. The first-order valence-electron chi connectivity index (χ1n) is 6.52. The van der Waals surface area contributed by atoms with Gasteiger partial charge in [0.25, 0.3) is 0 Å². The first-order valence-corrected chi connectivity index (χ1v) is 7.40. The predicted octanol–water partition coefficient (Wildman–Crippen LogP) is 4.50. The normalized spacial score (nSPS) is 12.9. The molecule has 0 N–H and O–H groups in total. The zero-order chi connectivity index (χ0) is 13.0. The summed E-state index contributed by atoms with van der Waals surface area (Å²) in [6, 6.07) is 13.8. The topological polar surface area (TPSA) is 3.24 Å². The van der Waals surface area contributed by atoms with Crippen LogP contribution in [0.2, 0.25) is 0 Å². The third-order valence-corrected chi connectivity index (χ3v) is 4.38. The molecule has 0 amide bonds. The van der Waals surface area contributed by atoms with Crippen LogP contribution in [-0.4, -0.2) is 11.9 Å². The van der Waals surface area contributed by atoms with Crippen molar-refractivity contribution in [3.63, 3.8) is 0 Å². The maximum atomic E-state index is 2.40. The second kappa shape index (κ2) is 6.17. The zero-order valence-electron chi connectivity index (χ0n) is 11.4. The molecule has 0 bridgehead atoms. The van der Waals surface area contributed by atoms with Crippen molar-refractivity contribution in [2.75, 3.05) is 7.05 Å². The predicted molar refractivity (Wildman–Crippen MR) is 80.0 cm³/mol. The molecule has 0 saturated carbocycles. The zero-order valence-corrected chi connectivity index (χ0v) is 12.2. The minimum atomic E-state index is 0.456. The van der Waals surface area contributed by atoms with Crippen LogP contribution in [0.4, 0.5) is 0 Å². The van der Waals surface area contributed by atoms with Gasteiger partial charge in [0.15, 0.2) is 0 Å². The molecule has 2 aromatic rings. The molecule has 2 rings (SSSR count). The van der Waals surface area contributed by atoms with E-state index in [-0.39, 0.29) is 0 Å². The van der Waals surface area contributed by atoms with Gasteiger partial charge in [-0.2, -0.15) is 0 Å². The van der Waals surface area contributed by atoms with Crippen molar-refractivity contribution in [1.29, 1.82) is 0 Å². The molecule has 0 aliphatic rings. The molecular weight excluding hydrogens is 238 g/mol. The Labute approximate surface area is 114 Å². The van der Waals surface area contributed by atoms with E-state index in [0.717, 1.165) is 13.0 Å². The van der Waals surface area contributed by atoms with E-state index < -0.39 is 0 Å². The molecule has 0 saturated heterocycles. The van der Waals surface area contributed by atoms with Gasteiger partial charge in [-0.25, -0.2) is 0 Å². The molecule has 18 heavy (non-hydrogen) atoms. The third-order valence-electron chi connectivity index (χ3n) is 3.52. The van der Waals surface area contributed by atoms with Crippen LogP contribution in [-0.2, 0) is 13.0 Å². The van der Waals surface area contributed by atoms with Crippen molar-refractivity contribution in [2.45, 2.75) is 32.9 Å². The summed E-state index contributed by atoms with van der Waals surface area (Å²) < 4.78 is 0. The summed E-state index contributed by atoms with van der Waals surface area (Å²) in [7, 11) is 2.19. The molecule has 1 aromatic heterocycles. The Morgan fingerprint density at radius 2 is 1.89 bits per heavy atom. The van der Waals surface area contributed by atoms with Gasteiger partial charge in [-0.15, -0.1) is 11.3 Å². The van der Waals surface area contributed by atoms with E-state index in [4.69, 9.17) is 0 Å². The molecule has 2 heteroatoms. The van der Waals surface area contributed by atoms with E-state index >= 15 is 0 Å². The summed E-state index contributed by atoms with van der Waals surface area (Å²) in [5, 5.41) is 2.14. The SMILES string of the molecule is CCc1ccc([C@@H](C)N(C)Cc2cccs2)cc1. The highest BCUT2D eigenvalue weighted by atomic mass is 32.1. The van der Waals surface area contributed by atoms with Gasteiger partial charge in [0.1, 0.15) is 0 Å². The van der Waals surface area contributed by atoms with Crippen molar-refractivity contribution in [2.24, 2.45) is 0 Å². The summed E-state index contributed by atoms with van der Waals surface area (Å²) in [5.41, 5.74) is 2.80. The summed E-state index contributed by atoms with van der Waals surface area (Å²) in [5.74, 6) is 0. The molecule has 0 fully saturated rings. The molecular formula is C16H21NS. The molecule has 1 heterocycles. The molecule has 0 aliphatic heterocycles. The van der Waals surface area contributed by atoms with E-state index in [2.05, 4.69) is 67.6 Å². The van der Waals surface area contributed by atoms with Crippen molar-refractivity contribution in [3.8, 4) is 0 Å². The second-order valence-corrected chi connectivity index (χ2v) is 5.80. The summed E-state index contributed by atoms with van der Waals surface area (Å²) in [4.78, 5) is 3.82. The van der Waals surface area contributed by atoms with Gasteiger partial charge < -0.3 is 0 Å². The van der Waals surface area contributed by atoms with Gasteiger partial charge in [0.05, 0.1) is 0 Å². The average Bonchev–Trinajstić information content (AvgIpc) is 2.91. The molecule has 0 unspecified atom stereocenters. The number of hydrogen-bond donors (Lipinski definition) is 0. The van der Waals surface area contributed by atoms with Crippen molar-refractivity contribution < 1.29 is 0 Å². The van der Waals surface area contributed by atoms with Gasteiger partial charge in [0, 0.05) is 17.5 Å². The molecule has 96 valence electrons. The minimum Gasteiger partial charge on any atom is -0.295 e. The first-order chi connectivity index (χ1) is 8.70. The average molecular weight is 259 g/mol. The number of rotatable bonds is 5. The highest BCUT2D eigenvalue weighted by molar-refractivity contribution is 7.09. The molecule has 0 spiro atoms. The van der Waals surface area contributed by atoms with E-state index in [1.165, 1.54) is 16.0 Å². The van der Waals surface area contributed by atoms with Gasteiger partial charge in [0.2, 0.25) is 0 Å². The Bertz CT molecular complexity index is 458. The van der Waals surface area contributed by atoms with Crippen LogP contribution in [0.15, 0.2) is 41.8 Å². The molecule has 0 aliphatic carbocycles. The molecule has 1 nitrogen and oxygen atoms in total. The van der Waals surface area contributed by atoms with Crippen molar-refractivity contribution >= 4 is 11.3 Å². The van der Waals surface area contributed by atoms with Gasteiger partial charge in [-0.3, -0.25) is 4.90 Å². The van der Waals surface area contributed by atoms with Crippen LogP contribution in [0.1, 0.15) is 35.9 Å². The standard InChI is InChI=1S/C16H21NS/c1-4-14-7-9-15(10-8-14)13(2)17(3)12-16-6-5-11-18-16/h5-11,13H,4,12H2,1-3H3/t13-/m1/s1. The number of nitrogens with zero attached hydrogens (tertiary/aromatic N) is 1. The van der Waals surface area contributed by atoms with Crippen LogP contribution in [0.5, 0.6) is 0 Å². The Hall–Kier alpha value is -1.12. The van der Waals surface area contributed by atoms with Crippen molar-refractivity contribution in [3.05, 3.63) is 57.8 Å². The highest BCUT2D eigenvalue weighted by Crippen LogP contribution is 2.22. The maximum Gasteiger partial charge on any atom is 0.0330 e. The lowest BCUT2D eigenvalue weighted by Crippen LogP contribution is -2.21. The van der Waals surface area contributed by atoms with Crippen LogP contribution in [0.3, 0.4) is 0 Å². The van der Waals surface area contributed by atoms with Crippen LogP contribution in [0, 0.1) is 0 Å². The highest BCUT2D eigenvalue weighted by Gasteiger charge is 2.12. The van der Waals surface area contributed by atoms with Crippen molar-refractivity contribution in [1.82, 2.24) is 4.90 Å². The number of hydrogen-bond acceptors (Lipinski definition) is 2. The third kappa shape index (κ3) is 3.21. The van der Waals surface area contributed by atoms with E-state index in [1.807, 2.05) is 11.3 Å². The smallest absolute Gasteiger partial charge is 0.0330 e. The quantitative estimate of drug-likeness (QED) is 0.764. The lowest BCUT2D eigenvalue weighted by molar-refractivity contribution is 0.255. The molecule has 1 atom stereocenters. The minimum absolute atomic E-state index is 0.456. The van der Waals surface area contributed by atoms with Gasteiger partial charge in [-0.1, -0.05) is 37.3 Å². The van der Waals surface area contributed by atoms with Gasteiger partial charge in [-0.05, 0) is 43.0 Å². The Morgan fingerprint density at radius 3 is 2.44 bits per heavy atom. The monoisotopic (exact) mass is 259 g/mol. The number of thiophene rings is 1. The fourth-order valence-electron chi connectivity index (χ4n) is 2.07. The van der Waals surface area contributed by atoms with Crippen LogP contribution in [0.25, 0.3) is 0 Å². The fourth-order valence-corrected chi connectivity index (χ4v) is 2.84. The van der Waals surface area contributed by atoms with E-state index in [1.54, 1.807) is 0 Å². The largest absolute Gasteiger partial charge is 0.295 e. The lowest BCUT2D eigenvalue weighted by atomic mass is 10.0. The fraction of sp³-hybridized carbons (Fsp3) is 0.375. The number of aryl methyl sites for hydroxylation is 1. The Balaban J connectivity index is 2.02. The van der Waals surface area contributed by atoms with Gasteiger partial charge >= 0.3 is 0 Å². The summed E-state index contributed by atoms with van der Waals surface area (Å²) in [6.45, 7) is 5.49. The maximum absolute atomic E-state index is 2.40. The van der Waals surface area contributed by atoms with Crippen LogP contribution >= 0.6 is 11.3 Å². The first kappa shape index (κ1) is 13.3. The summed E-state index contributed by atoms with van der Waals surface area (Å²) in [6.07, 6.45) is 1.11. The second-order valence-electron chi connectivity index (χ2n) is 4.77. The number of benzene rings is 1. The van der Waals surface area contributed by atoms with Crippen LogP contribution < -0.4 is 0 Å². The Kier molecular flexibility index (Phi) is 4.56. The Morgan fingerprint density at radius 1 is 1.17 bits per heavy atom. The van der Waals surface area contributed by atoms with E-state index in [9.17, 15) is 0 Å². The molecule has 0 radical (unpaired) electrons. The lowest BCUT2D eigenvalue weighted by Gasteiger charge is -2.24.